The number of benzene rings is 1. The number of hydrogen-bond acceptors (Lipinski definition) is 4. The third-order valence-corrected chi connectivity index (χ3v) is 3.00. The van der Waals surface area contributed by atoms with Gasteiger partial charge in [-0.3, -0.25) is 4.90 Å². The summed E-state index contributed by atoms with van der Waals surface area (Å²) < 4.78 is 5.08. The number of nitrogens with zero attached hydrogens (tertiary/aromatic N) is 1. The number of ether oxygens (including phenoxy) is 1. The Bertz CT molecular complexity index is 436. The van der Waals surface area contributed by atoms with E-state index in [0.717, 1.165) is 0 Å². The Morgan fingerprint density at radius 2 is 2.35 bits per heavy atom. The minimum Gasteiger partial charge on any atom is -0.508 e. The van der Waals surface area contributed by atoms with Gasteiger partial charge in [0.15, 0.2) is 0 Å². The van der Waals surface area contributed by atoms with E-state index in [9.17, 15) is 9.90 Å². The standard InChI is InChI=1S/C12H16N2O3/c1-12(5-6-13)8-17-11(16)14(12)9-3-2-4-10(15)7-9/h2-4,7,15H,5-6,8,13H2,1H3. The molecule has 1 aliphatic rings. The first-order chi connectivity index (χ1) is 8.07. The van der Waals surface area contributed by atoms with Gasteiger partial charge >= 0.3 is 6.09 Å². The highest BCUT2D eigenvalue weighted by Crippen LogP contribution is 2.34. The molecule has 1 amide bonds. The summed E-state index contributed by atoms with van der Waals surface area (Å²) in [5.41, 5.74) is 5.75. The van der Waals surface area contributed by atoms with Crippen LogP contribution in [0, 0.1) is 0 Å². The van der Waals surface area contributed by atoms with E-state index in [2.05, 4.69) is 0 Å². The first-order valence-electron chi connectivity index (χ1n) is 5.53. The van der Waals surface area contributed by atoms with Crippen molar-refractivity contribution in [1.29, 1.82) is 0 Å². The largest absolute Gasteiger partial charge is 0.508 e. The summed E-state index contributed by atoms with van der Waals surface area (Å²) in [6.45, 7) is 2.72. The fraction of sp³-hybridized carbons (Fsp3) is 0.417. The number of rotatable bonds is 3. The molecule has 17 heavy (non-hydrogen) atoms. The lowest BCUT2D eigenvalue weighted by atomic mass is 9.97. The summed E-state index contributed by atoms with van der Waals surface area (Å²) in [5, 5.41) is 9.46. The van der Waals surface area contributed by atoms with Crippen molar-refractivity contribution >= 4 is 11.8 Å². The highest BCUT2D eigenvalue weighted by atomic mass is 16.6. The van der Waals surface area contributed by atoms with Crippen LogP contribution in [0.1, 0.15) is 13.3 Å². The number of cyclic esters (lactones) is 1. The highest BCUT2D eigenvalue weighted by Gasteiger charge is 2.44. The Balaban J connectivity index is 2.37. The van der Waals surface area contributed by atoms with E-state index < -0.39 is 11.6 Å². The number of phenolic OH excluding ortho intramolecular Hbond substituents is 1. The third-order valence-electron chi connectivity index (χ3n) is 3.00. The van der Waals surface area contributed by atoms with Crippen molar-refractivity contribution in [2.75, 3.05) is 18.1 Å². The van der Waals surface area contributed by atoms with E-state index in [1.807, 2.05) is 6.92 Å². The van der Waals surface area contributed by atoms with Gasteiger partial charge in [-0.2, -0.15) is 0 Å². The summed E-state index contributed by atoms with van der Waals surface area (Å²) >= 11 is 0. The summed E-state index contributed by atoms with van der Waals surface area (Å²) in [5.74, 6) is 0.122. The van der Waals surface area contributed by atoms with Crippen molar-refractivity contribution in [3.05, 3.63) is 24.3 Å². The zero-order chi connectivity index (χ0) is 12.5. The summed E-state index contributed by atoms with van der Waals surface area (Å²) in [4.78, 5) is 13.3. The predicted molar refractivity (Wildman–Crippen MR) is 64.0 cm³/mol. The quantitative estimate of drug-likeness (QED) is 0.833. The fourth-order valence-corrected chi connectivity index (χ4v) is 2.11. The molecule has 0 spiro atoms. The maximum absolute atomic E-state index is 11.8. The molecular formula is C12H16N2O3. The molecule has 1 aliphatic heterocycles. The lowest BCUT2D eigenvalue weighted by Crippen LogP contribution is -2.46. The van der Waals surface area contributed by atoms with Gasteiger partial charge in [-0.05, 0) is 32.0 Å². The molecule has 1 atom stereocenters. The number of carbonyl (C=O) groups excluding carboxylic acids is 1. The van der Waals surface area contributed by atoms with Gasteiger partial charge in [0.2, 0.25) is 0 Å². The monoisotopic (exact) mass is 236 g/mol. The molecule has 1 fully saturated rings. The van der Waals surface area contributed by atoms with Gasteiger partial charge in [0, 0.05) is 6.07 Å². The first kappa shape index (κ1) is 11.7. The van der Waals surface area contributed by atoms with Crippen LogP contribution in [-0.2, 0) is 4.74 Å². The smallest absolute Gasteiger partial charge is 0.415 e. The molecule has 5 nitrogen and oxygen atoms in total. The van der Waals surface area contributed by atoms with Crippen molar-refractivity contribution in [2.24, 2.45) is 5.73 Å². The minimum absolute atomic E-state index is 0.122. The van der Waals surface area contributed by atoms with Gasteiger partial charge < -0.3 is 15.6 Å². The zero-order valence-electron chi connectivity index (χ0n) is 9.72. The Morgan fingerprint density at radius 3 is 3.00 bits per heavy atom. The molecule has 0 radical (unpaired) electrons. The lowest BCUT2D eigenvalue weighted by Gasteiger charge is -2.31. The molecule has 0 aliphatic carbocycles. The molecule has 0 bridgehead atoms. The number of anilines is 1. The summed E-state index contributed by atoms with van der Waals surface area (Å²) in [6, 6.07) is 6.56. The molecule has 1 aromatic rings. The van der Waals surface area contributed by atoms with E-state index in [0.29, 0.717) is 25.3 Å². The number of phenols is 1. The Kier molecular flexibility index (Phi) is 2.93. The molecule has 2 rings (SSSR count). The van der Waals surface area contributed by atoms with Crippen LogP contribution in [0.4, 0.5) is 10.5 Å². The third kappa shape index (κ3) is 2.06. The maximum atomic E-state index is 11.8. The predicted octanol–water partition coefficient (Wildman–Crippen LogP) is 1.46. The van der Waals surface area contributed by atoms with Crippen LogP contribution in [0.5, 0.6) is 5.75 Å². The number of aromatic hydroxyl groups is 1. The Hall–Kier alpha value is -1.75. The highest BCUT2D eigenvalue weighted by molar-refractivity contribution is 5.91. The normalized spacial score (nSPS) is 23.9. The summed E-state index contributed by atoms with van der Waals surface area (Å²) in [6.07, 6.45) is 0.251. The molecule has 0 saturated carbocycles. The van der Waals surface area contributed by atoms with E-state index >= 15 is 0 Å². The molecule has 1 heterocycles. The van der Waals surface area contributed by atoms with Crippen molar-refractivity contribution < 1.29 is 14.6 Å². The van der Waals surface area contributed by atoms with Gasteiger partial charge in [0.25, 0.3) is 0 Å². The van der Waals surface area contributed by atoms with Gasteiger partial charge in [-0.1, -0.05) is 6.07 Å². The van der Waals surface area contributed by atoms with Crippen LogP contribution >= 0.6 is 0 Å². The average Bonchev–Trinajstić information content (AvgIpc) is 2.55. The lowest BCUT2D eigenvalue weighted by molar-refractivity contribution is 0.173. The second-order valence-corrected chi connectivity index (χ2v) is 4.45. The number of amides is 1. The van der Waals surface area contributed by atoms with Crippen molar-refractivity contribution in [3.63, 3.8) is 0 Å². The molecule has 3 N–H and O–H groups in total. The van der Waals surface area contributed by atoms with Gasteiger partial charge in [-0.15, -0.1) is 0 Å². The van der Waals surface area contributed by atoms with Crippen LogP contribution < -0.4 is 10.6 Å². The van der Waals surface area contributed by atoms with Crippen molar-refractivity contribution in [3.8, 4) is 5.75 Å². The van der Waals surface area contributed by atoms with E-state index in [4.69, 9.17) is 10.5 Å². The molecule has 0 aromatic heterocycles. The minimum atomic E-state index is -0.445. The van der Waals surface area contributed by atoms with E-state index in [1.54, 1.807) is 29.2 Å². The SMILES string of the molecule is CC1(CCN)COC(=O)N1c1cccc(O)c1. The van der Waals surface area contributed by atoms with E-state index in [1.165, 1.54) is 0 Å². The van der Waals surface area contributed by atoms with Crippen LogP contribution in [0.25, 0.3) is 0 Å². The topological polar surface area (TPSA) is 75.8 Å². The molecular weight excluding hydrogens is 220 g/mol. The van der Waals surface area contributed by atoms with Gasteiger partial charge in [0.05, 0.1) is 11.2 Å². The van der Waals surface area contributed by atoms with Crippen LogP contribution in [0.3, 0.4) is 0 Å². The number of hydrogen-bond donors (Lipinski definition) is 2. The first-order valence-corrected chi connectivity index (χ1v) is 5.53. The Labute approximate surface area is 99.8 Å². The molecule has 5 heteroatoms. The Morgan fingerprint density at radius 1 is 1.59 bits per heavy atom. The molecule has 1 unspecified atom stereocenters. The van der Waals surface area contributed by atoms with Gasteiger partial charge in [-0.25, -0.2) is 4.79 Å². The molecule has 1 saturated heterocycles. The number of nitrogens with two attached hydrogens (primary N) is 1. The van der Waals surface area contributed by atoms with Crippen LogP contribution in [-0.4, -0.2) is 29.9 Å². The molecule has 1 aromatic carbocycles. The van der Waals surface area contributed by atoms with Crippen LogP contribution in [0.2, 0.25) is 0 Å². The molecule has 92 valence electrons. The average molecular weight is 236 g/mol. The maximum Gasteiger partial charge on any atom is 0.415 e. The van der Waals surface area contributed by atoms with Crippen LogP contribution in [0.15, 0.2) is 24.3 Å². The second-order valence-electron chi connectivity index (χ2n) is 4.45. The van der Waals surface area contributed by atoms with Crippen molar-refractivity contribution in [1.82, 2.24) is 0 Å². The van der Waals surface area contributed by atoms with Gasteiger partial charge in [0.1, 0.15) is 12.4 Å². The summed E-state index contributed by atoms with van der Waals surface area (Å²) in [7, 11) is 0. The van der Waals surface area contributed by atoms with E-state index in [-0.39, 0.29) is 5.75 Å². The zero-order valence-corrected chi connectivity index (χ0v) is 9.72. The second kappa shape index (κ2) is 4.25. The van der Waals surface area contributed by atoms with Crippen molar-refractivity contribution in [2.45, 2.75) is 18.9 Å². The fourth-order valence-electron chi connectivity index (χ4n) is 2.11. The number of carbonyl (C=O) groups is 1.